The van der Waals surface area contributed by atoms with Crippen molar-refractivity contribution in [2.24, 2.45) is 0 Å². The van der Waals surface area contributed by atoms with Gasteiger partial charge < -0.3 is 0 Å². The molecule has 0 saturated carbocycles. The molecule has 4 heteroatoms. The zero-order valence-corrected chi connectivity index (χ0v) is 12.2. The van der Waals surface area contributed by atoms with Gasteiger partial charge >= 0.3 is 0 Å². The number of nitrogens with zero attached hydrogens (tertiary/aromatic N) is 4. The van der Waals surface area contributed by atoms with E-state index in [1.165, 1.54) is 0 Å². The first-order valence-corrected chi connectivity index (χ1v) is 6.80. The lowest BCUT2D eigenvalue weighted by atomic mass is 10.1. The predicted octanol–water partition coefficient (Wildman–Crippen LogP) is 2.97. The van der Waals surface area contributed by atoms with E-state index in [9.17, 15) is 0 Å². The van der Waals surface area contributed by atoms with E-state index in [1.54, 1.807) is 0 Å². The van der Waals surface area contributed by atoms with Gasteiger partial charge in [-0.05, 0) is 44.7 Å². The van der Waals surface area contributed by atoms with Crippen LogP contribution in [0.15, 0.2) is 36.5 Å². The summed E-state index contributed by atoms with van der Waals surface area (Å²) in [6.07, 6.45) is 2.02. The Morgan fingerprint density at radius 2 is 2.10 bits per heavy atom. The summed E-state index contributed by atoms with van der Waals surface area (Å²) >= 11 is 0. The van der Waals surface area contributed by atoms with Crippen molar-refractivity contribution in [1.82, 2.24) is 14.7 Å². The molecule has 1 aromatic carbocycles. The molecule has 0 spiro atoms. The van der Waals surface area contributed by atoms with Crippen LogP contribution in [0.1, 0.15) is 36.7 Å². The first kappa shape index (κ1) is 14.3. The van der Waals surface area contributed by atoms with Crippen LogP contribution in [-0.4, -0.2) is 21.7 Å². The number of aromatic nitrogens is 2. The van der Waals surface area contributed by atoms with Crippen LogP contribution in [0.25, 0.3) is 0 Å². The largest absolute Gasteiger partial charge is 0.296 e. The van der Waals surface area contributed by atoms with E-state index in [4.69, 9.17) is 5.26 Å². The van der Waals surface area contributed by atoms with Crippen LogP contribution in [-0.2, 0) is 13.1 Å². The van der Waals surface area contributed by atoms with Crippen molar-refractivity contribution in [2.45, 2.75) is 33.0 Å². The number of benzene rings is 1. The van der Waals surface area contributed by atoms with Gasteiger partial charge in [0.2, 0.25) is 0 Å². The van der Waals surface area contributed by atoms with Gasteiger partial charge in [0.05, 0.1) is 17.3 Å². The van der Waals surface area contributed by atoms with Crippen LogP contribution in [0.2, 0.25) is 0 Å². The van der Waals surface area contributed by atoms with Crippen molar-refractivity contribution in [2.75, 3.05) is 7.05 Å². The lowest BCUT2D eigenvalue weighted by Crippen LogP contribution is -2.18. The smallest absolute Gasteiger partial charge is 0.0991 e. The molecule has 0 saturated heterocycles. The maximum absolute atomic E-state index is 8.91. The normalized spacial score (nSPS) is 11.0. The Labute approximate surface area is 120 Å². The van der Waals surface area contributed by atoms with Crippen LogP contribution in [0.3, 0.4) is 0 Å². The molecular formula is C16H20N4. The topological polar surface area (TPSA) is 44.9 Å². The van der Waals surface area contributed by atoms with E-state index >= 15 is 0 Å². The van der Waals surface area contributed by atoms with E-state index in [2.05, 4.69) is 43.0 Å². The Balaban J connectivity index is 1.97. The van der Waals surface area contributed by atoms with E-state index in [-0.39, 0.29) is 0 Å². The zero-order chi connectivity index (χ0) is 14.5. The minimum Gasteiger partial charge on any atom is -0.296 e. The van der Waals surface area contributed by atoms with Crippen LogP contribution in [0, 0.1) is 11.3 Å². The standard InChI is InChI=1S/C16H20N4/c1-13(2)20-8-7-16(18-20)12-19(3)11-15-6-4-5-14(9-15)10-17/h4-9,13H,11-12H2,1-3H3. The summed E-state index contributed by atoms with van der Waals surface area (Å²) in [4.78, 5) is 2.20. The highest BCUT2D eigenvalue weighted by molar-refractivity contribution is 5.32. The fourth-order valence-electron chi connectivity index (χ4n) is 2.13. The summed E-state index contributed by atoms with van der Waals surface area (Å²) in [5, 5.41) is 13.5. The van der Waals surface area contributed by atoms with Crippen LogP contribution in [0.5, 0.6) is 0 Å². The average molecular weight is 268 g/mol. The van der Waals surface area contributed by atoms with Gasteiger partial charge in [0.15, 0.2) is 0 Å². The Morgan fingerprint density at radius 1 is 1.30 bits per heavy atom. The van der Waals surface area contributed by atoms with Crippen LogP contribution in [0.4, 0.5) is 0 Å². The number of rotatable bonds is 5. The quantitative estimate of drug-likeness (QED) is 0.837. The molecular weight excluding hydrogens is 248 g/mol. The summed E-state index contributed by atoms with van der Waals surface area (Å²) in [7, 11) is 2.06. The highest BCUT2D eigenvalue weighted by atomic mass is 15.3. The molecule has 1 heterocycles. The molecule has 0 unspecified atom stereocenters. The second kappa shape index (κ2) is 6.36. The summed E-state index contributed by atoms with van der Waals surface area (Å²) in [5.41, 5.74) is 2.92. The summed E-state index contributed by atoms with van der Waals surface area (Å²) < 4.78 is 1.97. The fraction of sp³-hybridized carbons (Fsp3) is 0.375. The lowest BCUT2D eigenvalue weighted by molar-refractivity contribution is 0.312. The molecule has 20 heavy (non-hydrogen) atoms. The third-order valence-electron chi connectivity index (χ3n) is 3.13. The maximum atomic E-state index is 8.91. The van der Waals surface area contributed by atoms with Crippen LogP contribution < -0.4 is 0 Å². The van der Waals surface area contributed by atoms with Crippen molar-refractivity contribution < 1.29 is 0 Å². The Morgan fingerprint density at radius 3 is 2.75 bits per heavy atom. The first-order chi connectivity index (χ1) is 9.58. The predicted molar refractivity (Wildman–Crippen MR) is 78.9 cm³/mol. The molecule has 2 aromatic rings. The van der Waals surface area contributed by atoms with E-state index in [0.29, 0.717) is 11.6 Å². The van der Waals surface area contributed by atoms with Crippen molar-refractivity contribution in [3.8, 4) is 6.07 Å². The Kier molecular flexibility index (Phi) is 4.54. The number of nitriles is 1. The SMILES string of the molecule is CC(C)n1ccc(CN(C)Cc2cccc(C#N)c2)n1. The Bertz CT molecular complexity index is 607. The molecule has 0 radical (unpaired) electrons. The minimum atomic E-state index is 0.390. The van der Waals surface area contributed by atoms with E-state index < -0.39 is 0 Å². The molecule has 0 atom stereocenters. The second-order valence-corrected chi connectivity index (χ2v) is 5.37. The minimum absolute atomic E-state index is 0.390. The zero-order valence-electron chi connectivity index (χ0n) is 12.2. The summed E-state index contributed by atoms with van der Waals surface area (Å²) in [5.74, 6) is 0. The molecule has 2 rings (SSSR count). The third kappa shape index (κ3) is 3.69. The highest BCUT2D eigenvalue weighted by Gasteiger charge is 2.06. The molecule has 0 fully saturated rings. The van der Waals surface area contributed by atoms with Gasteiger partial charge in [-0.25, -0.2) is 0 Å². The van der Waals surface area contributed by atoms with Gasteiger partial charge in [0.25, 0.3) is 0 Å². The third-order valence-corrected chi connectivity index (χ3v) is 3.13. The van der Waals surface area contributed by atoms with Gasteiger partial charge in [0, 0.05) is 25.3 Å². The monoisotopic (exact) mass is 268 g/mol. The van der Waals surface area contributed by atoms with Crippen molar-refractivity contribution in [1.29, 1.82) is 5.26 Å². The van der Waals surface area contributed by atoms with E-state index in [1.807, 2.05) is 35.1 Å². The van der Waals surface area contributed by atoms with E-state index in [0.717, 1.165) is 24.3 Å². The van der Waals surface area contributed by atoms with Crippen molar-refractivity contribution in [3.63, 3.8) is 0 Å². The lowest BCUT2D eigenvalue weighted by Gasteiger charge is -2.15. The molecule has 0 bridgehead atoms. The maximum Gasteiger partial charge on any atom is 0.0991 e. The average Bonchev–Trinajstić information content (AvgIpc) is 2.87. The highest BCUT2D eigenvalue weighted by Crippen LogP contribution is 2.10. The molecule has 0 amide bonds. The molecule has 0 aliphatic heterocycles. The van der Waals surface area contributed by atoms with Gasteiger partial charge in [-0.1, -0.05) is 12.1 Å². The van der Waals surface area contributed by atoms with Crippen LogP contribution >= 0.6 is 0 Å². The van der Waals surface area contributed by atoms with Gasteiger partial charge in [-0.15, -0.1) is 0 Å². The molecule has 0 aliphatic carbocycles. The summed E-state index contributed by atoms with van der Waals surface area (Å²) in [6, 6.07) is 12.4. The van der Waals surface area contributed by atoms with Crippen molar-refractivity contribution >= 4 is 0 Å². The fourth-order valence-corrected chi connectivity index (χ4v) is 2.13. The molecule has 1 aromatic heterocycles. The molecule has 104 valence electrons. The Hall–Kier alpha value is -2.12. The van der Waals surface area contributed by atoms with Gasteiger partial charge in [0.1, 0.15) is 0 Å². The molecule has 0 aliphatic rings. The van der Waals surface area contributed by atoms with Gasteiger partial charge in [-0.2, -0.15) is 10.4 Å². The summed E-state index contributed by atoms with van der Waals surface area (Å²) in [6.45, 7) is 5.85. The molecule has 4 nitrogen and oxygen atoms in total. The molecule has 0 N–H and O–H groups in total. The first-order valence-electron chi connectivity index (χ1n) is 6.80. The second-order valence-electron chi connectivity index (χ2n) is 5.37. The van der Waals surface area contributed by atoms with Crippen molar-refractivity contribution in [3.05, 3.63) is 53.3 Å². The number of hydrogen-bond acceptors (Lipinski definition) is 3. The number of hydrogen-bond donors (Lipinski definition) is 0. The van der Waals surface area contributed by atoms with Gasteiger partial charge in [-0.3, -0.25) is 9.58 Å².